The molecule has 62 valence electrons. The summed E-state index contributed by atoms with van der Waals surface area (Å²) in [6.07, 6.45) is 5.52. The maximum absolute atomic E-state index is 4.32. The molecule has 0 aromatic carbocycles. The zero-order valence-corrected chi connectivity index (χ0v) is 6.86. The van der Waals surface area contributed by atoms with E-state index < -0.39 is 0 Å². The summed E-state index contributed by atoms with van der Waals surface area (Å²) < 4.78 is 0. The van der Waals surface area contributed by atoms with Crippen LogP contribution in [0.1, 0.15) is 0 Å². The van der Waals surface area contributed by atoms with Crippen molar-refractivity contribution in [3.05, 3.63) is 36.8 Å². The quantitative estimate of drug-likeness (QED) is 0.560. The number of aromatic nitrogens is 3. The van der Waals surface area contributed by atoms with Gasteiger partial charge >= 0.3 is 0 Å². The number of nitrogens with one attached hydrogen (secondary N) is 1. The Hall–Kier alpha value is -1.90. The van der Waals surface area contributed by atoms with Crippen LogP contribution in [0.5, 0.6) is 0 Å². The molecule has 0 aliphatic rings. The van der Waals surface area contributed by atoms with Crippen LogP contribution in [0, 0.1) is 0 Å². The molecule has 0 atom stereocenters. The summed E-state index contributed by atoms with van der Waals surface area (Å²) >= 11 is 0. The Balaban J connectivity index is 2.65. The smallest absolute Gasteiger partial charge is 0.139 e. The van der Waals surface area contributed by atoms with Crippen LogP contribution in [-0.4, -0.2) is 15.0 Å². The Morgan fingerprint density at radius 1 is 1.15 bits per heavy atom. The number of pyridine rings is 2. The fraction of sp³-hybridized carbons (Fsp3) is 0. The molecule has 0 saturated heterocycles. The van der Waals surface area contributed by atoms with Gasteiger partial charge in [-0.1, -0.05) is 0 Å². The van der Waals surface area contributed by atoms with Gasteiger partial charge in [0.05, 0.1) is 5.52 Å². The Labute approximate surface area is 74.4 Å². The van der Waals surface area contributed by atoms with Gasteiger partial charge in [0.15, 0.2) is 0 Å². The number of H-pyrrole nitrogens is 1. The maximum atomic E-state index is 4.32. The van der Waals surface area contributed by atoms with E-state index in [1.54, 1.807) is 6.20 Å². The van der Waals surface area contributed by atoms with E-state index in [4.69, 9.17) is 0 Å². The van der Waals surface area contributed by atoms with Crippen LogP contribution in [0.3, 0.4) is 0 Å². The summed E-state index contributed by atoms with van der Waals surface area (Å²) in [4.78, 5) is 11.7. The van der Waals surface area contributed by atoms with Crippen molar-refractivity contribution in [1.82, 2.24) is 15.0 Å². The fourth-order valence-electron chi connectivity index (χ4n) is 1.54. The number of hydrogen-bond donors (Lipinski definition) is 1. The third kappa shape index (κ3) is 0.839. The van der Waals surface area contributed by atoms with Gasteiger partial charge in [-0.15, -0.1) is 0 Å². The second-order valence-corrected chi connectivity index (χ2v) is 2.94. The molecule has 0 radical (unpaired) electrons. The first-order valence-corrected chi connectivity index (χ1v) is 4.12. The molecular weight excluding hydrogens is 162 g/mol. The molecule has 0 fully saturated rings. The summed E-state index contributed by atoms with van der Waals surface area (Å²) in [5.41, 5.74) is 1.90. The molecule has 3 rings (SSSR count). The minimum Gasteiger partial charge on any atom is -0.346 e. The lowest BCUT2D eigenvalue weighted by atomic mass is 10.2. The highest BCUT2D eigenvalue weighted by molar-refractivity contribution is 6.01. The van der Waals surface area contributed by atoms with E-state index in [0.717, 1.165) is 21.9 Å². The van der Waals surface area contributed by atoms with Crippen LogP contribution in [0.2, 0.25) is 0 Å². The van der Waals surface area contributed by atoms with Gasteiger partial charge in [0.1, 0.15) is 5.65 Å². The highest BCUT2D eigenvalue weighted by Crippen LogP contribution is 2.19. The average molecular weight is 169 g/mol. The van der Waals surface area contributed by atoms with Crippen LogP contribution in [0.4, 0.5) is 0 Å². The second-order valence-electron chi connectivity index (χ2n) is 2.94. The largest absolute Gasteiger partial charge is 0.346 e. The molecule has 1 N–H and O–H groups in total. The molecule has 0 unspecified atom stereocenters. The van der Waals surface area contributed by atoms with Crippen LogP contribution < -0.4 is 0 Å². The summed E-state index contributed by atoms with van der Waals surface area (Å²) in [5.74, 6) is 0. The average Bonchev–Trinajstić information content (AvgIpc) is 2.65. The second kappa shape index (κ2) is 2.29. The molecule has 0 aliphatic carbocycles. The van der Waals surface area contributed by atoms with E-state index in [-0.39, 0.29) is 0 Å². The number of rotatable bonds is 0. The predicted molar refractivity (Wildman–Crippen MR) is 51.4 cm³/mol. The summed E-state index contributed by atoms with van der Waals surface area (Å²) in [5, 5.41) is 2.16. The van der Waals surface area contributed by atoms with E-state index in [1.165, 1.54) is 0 Å². The molecule has 3 heterocycles. The van der Waals surface area contributed by atoms with Gasteiger partial charge in [-0.25, -0.2) is 4.98 Å². The molecule has 3 aromatic rings. The standard InChI is InChI=1S/C10H7N3/c1-2-7-6-13-10-8(3-5-12-10)9(7)11-4-1/h1-6H,(H,12,13). The van der Waals surface area contributed by atoms with Crippen molar-refractivity contribution < 1.29 is 0 Å². The van der Waals surface area contributed by atoms with Gasteiger partial charge in [0.25, 0.3) is 0 Å². The van der Waals surface area contributed by atoms with Crippen molar-refractivity contribution in [2.24, 2.45) is 0 Å². The number of fused-ring (bicyclic) bond motifs is 3. The molecular formula is C10H7N3. The van der Waals surface area contributed by atoms with Crippen molar-refractivity contribution in [2.45, 2.75) is 0 Å². The van der Waals surface area contributed by atoms with E-state index in [0.29, 0.717) is 0 Å². The van der Waals surface area contributed by atoms with E-state index in [1.807, 2.05) is 30.6 Å². The fourth-order valence-corrected chi connectivity index (χ4v) is 1.54. The summed E-state index contributed by atoms with van der Waals surface area (Å²) in [6, 6.07) is 5.93. The van der Waals surface area contributed by atoms with Crippen molar-refractivity contribution in [1.29, 1.82) is 0 Å². The van der Waals surface area contributed by atoms with Gasteiger partial charge < -0.3 is 4.98 Å². The van der Waals surface area contributed by atoms with Crippen molar-refractivity contribution in [3.8, 4) is 0 Å². The number of hydrogen-bond acceptors (Lipinski definition) is 2. The first kappa shape index (κ1) is 6.60. The number of aromatic amines is 1. The van der Waals surface area contributed by atoms with Crippen molar-refractivity contribution in [2.75, 3.05) is 0 Å². The summed E-state index contributed by atoms with van der Waals surface area (Å²) in [6.45, 7) is 0. The van der Waals surface area contributed by atoms with Crippen LogP contribution in [0.25, 0.3) is 21.9 Å². The lowest BCUT2D eigenvalue weighted by Gasteiger charge is -1.95. The molecule has 13 heavy (non-hydrogen) atoms. The van der Waals surface area contributed by atoms with Crippen LogP contribution >= 0.6 is 0 Å². The zero-order valence-electron chi connectivity index (χ0n) is 6.86. The van der Waals surface area contributed by atoms with Gasteiger partial charge in [-0.05, 0) is 18.2 Å². The summed E-state index contributed by atoms with van der Waals surface area (Å²) in [7, 11) is 0. The highest BCUT2D eigenvalue weighted by atomic mass is 14.8. The van der Waals surface area contributed by atoms with Gasteiger partial charge in [0, 0.05) is 29.4 Å². The lowest BCUT2D eigenvalue weighted by molar-refractivity contribution is 1.33. The Kier molecular flexibility index (Phi) is 1.16. The SMILES string of the molecule is c1cnc2c(c1)cnc1[nH]ccc12. The topological polar surface area (TPSA) is 41.6 Å². The zero-order chi connectivity index (χ0) is 8.67. The Morgan fingerprint density at radius 3 is 3.15 bits per heavy atom. The van der Waals surface area contributed by atoms with E-state index >= 15 is 0 Å². The van der Waals surface area contributed by atoms with E-state index in [2.05, 4.69) is 15.0 Å². The van der Waals surface area contributed by atoms with Gasteiger partial charge in [-0.3, -0.25) is 4.98 Å². The molecule has 3 nitrogen and oxygen atoms in total. The van der Waals surface area contributed by atoms with Crippen LogP contribution in [-0.2, 0) is 0 Å². The Morgan fingerprint density at radius 2 is 2.15 bits per heavy atom. The first-order chi connectivity index (χ1) is 6.45. The van der Waals surface area contributed by atoms with Crippen LogP contribution in [0.15, 0.2) is 36.8 Å². The minimum absolute atomic E-state index is 0.895. The first-order valence-electron chi connectivity index (χ1n) is 4.12. The van der Waals surface area contributed by atoms with Crippen molar-refractivity contribution in [3.63, 3.8) is 0 Å². The molecule has 0 bridgehead atoms. The van der Waals surface area contributed by atoms with E-state index in [9.17, 15) is 0 Å². The number of nitrogens with zero attached hydrogens (tertiary/aromatic N) is 2. The Bertz CT molecular complexity index is 568. The molecule has 0 amide bonds. The maximum Gasteiger partial charge on any atom is 0.139 e. The highest BCUT2D eigenvalue weighted by Gasteiger charge is 2.01. The van der Waals surface area contributed by atoms with Gasteiger partial charge in [0.2, 0.25) is 0 Å². The molecule has 3 aromatic heterocycles. The third-order valence-electron chi connectivity index (χ3n) is 2.15. The third-order valence-corrected chi connectivity index (χ3v) is 2.15. The normalized spacial score (nSPS) is 11.1. The minimum atomic E-state index is 0.895. The molecule has 0 spiro atoms. The lowest BCUT2D eigenvalue weighted by Crippen LogP contribution is -1.81. The predicted octanol–water partition coefficient (Wildman–Crippen LogP) is 2.11. The molecule has 0 aliphatic heterocycles. The monoisotopic (exact) mass is 169 g/mol. The molecule has 0 saturated carbocycles. The van der Waals surface area contributed by atoms with Gasteiger partial charge in [-0.2, -0.15) is 0 Å². The molecule has 3 heteroatoms. The van der Waals surface area contributed by atoms with Crippen molar-refractivity contribution >= 4 is 21.9 Å².